The zero-order chi connectivity index (χ0) is 25.2. The number of anilines is 1. The van der Waals surface area contributed by atoms with Crippen LogP contribution in [0, 0.1) is 12.3 Å². The van der Waals surface area contributed by atoms with Crippen LogP contribution in [0.4, 0.5) is 5.82 Å². The number of benzene rings is 2. The molecule has 8 nitrogen and oxygen atoms in total. The van der Waals surface area contributed by atoms with Crippen LogP contribution < -0.4 is 24.4 Å². The molecule has 1 unspecified atom stereocenters. The second-order valence-electron chi connectivity index (χ2n) is 7.93. The Hall–Kier alpha value is -3.80. The van der Waals surface area contributed by atoms with Gasteiger partial charge in [-0.25, -0.2) is 9.97 Å². The van der Waals surface area contributed by atoms with Crippen LogP contribution in [0.15, 0.2) is 48.5 Å². The molecule has 0 fully saturated rings. The fraction of sp³-hybridized carbons (Fsp3) is 0.333. The standard InChI is InChI=1S/C27H32N4O4/c1-6-7-13-31(3)26-16-23(19-11-12-24(33-4)25(15-19)34-5)29-27(30-26)20-9-8-10-22(14-20)35-18-21(32)17-28-2/h1,8-12,14-16,21,28,32H,7,13,17-18H2,2-5H3. The van der Waals surface area contributed by atoms with Gasteiger partial charge in [0.2, 0.25) is 0 Å². The van der Waals surface area contributed by atoms with Gasteiger partial charge >= 0.3 is 0 Å². The lowest BCUT2D eigenvalue weighted by Gasteiger charge is -2.19. The number of rotatable bonds is 12. The first-order valence-corrected chi connectivity index (χ1v) is 11.3. The minimum atomic E-state index is -0.607. The third-order valence-electron chi connectivity index (χ3n) is 5.35. The van der Waals surface area contributed by atoms with E-state index in [0.29, 0.717) is 42.6 Å². The third-order valence-corrected chi connectivity index (χ3v) is 5.35. The van der Waals surface area contributed by atoms with Gasteiger partial charge in [0.25, 0.3) is 0 Å². The van der Waals surface area contributed by atoms with Crippen molar-refractivity contribution in [2.24, 2.45) is 0 Å². The van der Waals surface area contributed by atoms with Gasteiger partial charge in [0, 0.05) is 43.8 Å². The number of terminal acetylenes is 1. The van der Waals surface area contributed by atoms with E-state index < -0.39 is 6.10 Å². The highest BCUT2D eigenvalue weighted by atomic mass is 16.5. The highest BCUT2D eigenvalue weighted by Gasteiger charge is 2.14. The highest BCUT2D eigenvalue weighted by molar-refractivity contribution is 5.70. The van der Waals surface area contributed by atoms with E-state index in [0.717, 1.165) is 22.6 Å². The van der Waals surface area contributed by atoms with E-state index in [2.05, 4.69) is 11.2 Å². The quantitative estimate of drug-likeness (QED) is 0.385. The Morgan fingerprint density at radius 3 is 2.57 bits per heavy atom. The van der Waals surface area contributed by atoms with E-state index >= 15 is 0 Å². The van der Waals surface area contributed by atoms with E-state index in [4.69, 9.17) is 30.6 Å². The number of likely N-dealkylation sites (N-methyl/N-ethyl adjacent to an activating group) is 1. The summed E-state index contributed by atoms with van der Waals surface area (Å²) in [5.41, 5.74) is 2.38. The maximum atomic E-state index is 9.96. The predicted molar refractivity (Wildman–Crippen MR) is 138 cm³/mol. The van der Waals surface area contributed by atoms with Crippen molar-refractivity contribution in [1.29, 1.82) is 0 Å². The number of hydrogen-bond donors (Lipinski definition) is 2. The van der Waals surface area contributed by atoms with Crippen molar-refractivity contribution in [2.75, 3.05) is 52.9 Å². The normalized spacial score (nSPS) is 11.4. The highest BCUT2D eigenvalue weighted by Crippen LogP contribution is 2.33. The molecule has 8 heteroatoms. The Morgan fingerprint density at radius 1 is 1.06 bits per heavy atom. The molecule has 1 atom stereocenters. The van der Waals surface area contributed by atoms with Crippen LogP contribution in [-0.4, -0.2) is 69.2 Å². The average Bonchev–Trinajstić information content (AvgIpc) is 2.90. The summed E-state index contributed by atoms with van der Waals surface area (Å²) in [5, 5.41) is 12.9. The lowest BCUT2D eigenvalue weighted by atomic mass is 10.1. The minimum Gasteiger partial charge on any atom is -0.493 e. The molecule has 3 aromatic rings. The summed E-state index contributed by atoms with van der Waals surface area (Å²) in [4.78, 5) is 11.6. The van der Waals surface area contributed by atoms with Crippen molar-refractivity contribution < 1.29 is 19.3 Å². The molecule has 0 saturated carbocycles. The Morgan fingerprint density at radius 2 is 1.86 bits per heavy atom. The SMILES string of the molecule is C#CCCN(C)c1cc(-c2ccc(OC)c(OC)c2)nc(-c2cccc(OCC(O)CNC)c2)n1. The van der Waals surface area contributed by atoms with Crippen molar-refractivity contribution in [1.82, 2.24) is 15.3 Å². The molecule has 0 radical (unpaired) electrons. The number of ether oxygens (including phenoxy) is 3. The molecule has 0 aliphatic carbocycles. The number of aliphatic hydroxyl groups is 1. The van der Waals surface area contributed by atoms with Gasteiger partial charge in [0.15, 0.2) is 17.3 Å². The molecule has 0 aliphatic rings. The summed E-state index contributed by atoms with van der Waals surface area (Å²) in [7, 11) is 6.94. The number of nitrogens with zero attached hydrogens (tertiary/aromatic N) is 3. The zero-order valence-electron chi connectivity index (χ0n) is 20.6. The van der Waals surface area contributed by atoms with Gasteiger partial charge in [0.05, 0.1) is 19.9 Å². The topological polar surface area (TPSA) is 89.0 Å². The van der Waals surface area contributed by atoms with Gasteiger partial charge in [-0.1, -0.05) is 12.1 Å². The van der Waals surface area contributed by atoms with Crippen LogP contribution in [0.2, 0.25) is 0 Å². The molecular formula is C27H32N4O4. The second kappa shape index (κ2) is 12.6. The van der Waals surface area contributed by atoms with Gasteiger partial charge in [-0.05, 0) is 37.4 Å². The van der Waals surface area contributed by atoms with Crippen LogP contribution in [-0.2, 0) is 0 Å². The van der Waals surface area contributed by atoms with E-state index in [1.54, 1.807) is 21.3 Å². The number of aliphatic hydroxyl groups excluding tert-OH is 1. The fourth-order valence-corrected chi connectivity index (χ4v) is 3.46. The Bertz CT molecular complexity index is 1160. The average molecular weight is 477 g/mol. The van der Waals surface area contributed by atoms with Crippen molar-refractivity contribution in [2.45, 2.75) is 12.5 Å². The molecule has 1 heterocycles. The monoisotopic (exact) mass is 476 g/mol. The molecule has 2 N–H and O–H groups in total. The summed E-state index contributed by atoms with van der Waals surface area (Å²) >= 11 is 0. The largest absolute Gasteiger partial charge is 0.493 e. The molecule has 35 heavy (non-hydrogen) atoms. The minimum absolute atomic E-state index is 0.177. The van der Waals surface area contributed by atoms with Crippen LogP contribution in [0.5, 0.6) is 17.2 Å². The van der Waals surface area contributed by atoms with Gasteiger partial charge in [0.1, 0.15) is 24.3 Å². The summed E-state index contributed by atoms with van der Waals surface area (Å²) in [6.45, 7) is 1.28. The van der Waals surface area contributed by atoms with Crippen molar-refractivity contribution in [3.8, 4) is 52.2 Å². The Labute approximate surface area is 206 Å². The lowest BCUT2D eigenvalue weighted by molar-refractivity contribution is 0.108. The molecule has 0 amide bonds. The first-order chi connectivity index (χ1) is 17.0. The Balaban J connectivity index is 2.01. The molecule has 3 rings (SSSR count). The number of aromatic nitrogens is 2. The lowest BCUT2D eigenvalue weighted by Crippen LogP contribution is -2.29. The summed E-state index contributed by atoms with van der Waals surface area (Å²) in [5.74, 6) is 5.84. The van der Waals surface area contributed by atoms with E-state index in [9.17, 15) is 5.11 Å². The van der Waals surface area contributed by atoms with E-state index in [1.165, 1.54) is 0 Å². The van der Waals surface area contributed by atoms with Crippen molar-refractivity contribution in [3.63, 3.8) is 0 Å². The summed E-state index contributed by atoms with van der Waals surface area (Å²) < 4.78 is 16.6. The van der Waals surface area contributed by atoms with Crippen LogP contribution in [0.3, 0.4) is 0 Å². The second-order valence-corrected chi connectivity index (χ2v) is 7.93. The zero-order valence-corrected chi connectivity index (χ0v) is 20.6. The molecule has 0 bridgehead atoms. The van der Waals surface area contributed by atoms with Crippen LogP contribution in [0.1, 0.15) is 6.42 Å². The van der Waals surface area contributed by atoms with Crippen LogP contribution >= 0.6 is 0 Å². The predicted octanol–water partition coefficient (Wildman–Crippen LogP) is 3.25. The summed E-state index contributed by atoms with van der Waals surface area (Å²) in [6.07, 6.45) is 5.46. The fourth-order valence-electron chi connectivity index (χ4n) is 3.46. The first-order valence-electron chi connectivity index (χ1n) is 11.3. The molecule has 0 spiro atoms. The molecule has 0 aliphatic heterocycles. The molecule has 184 valence electrons. The smallest absolute Gasteiger partial charge is 0.162 e. The molecule has 1 aromatic heterocycles. The number of nitrogens with one attached hydrogen (secondary N) is 1. The van der Waals surface area contributed by atoms with Crippen molar-refractivity contribution >= 4 is 5.82 Å². The van der Waals surface area contributed by atoms with Gasteiger partial charge in [-0.15, -0.1) is 12.3 Å². The van der Waals surface area contributed by atoms with Crippen LogP contribution in [0.25, 0.3) is 22.6 Å². The van der Waals surface area contributed by atoms with Gasteiger partial charge < -0.3 is 29.5 Å². The summed E-state index contributed by atoms with van der Waals surface area (Å²) in [6, 6.07) is 15.1. The maximum absolute atomic E-state index is 9.96. The van der Waals surface area contributed by atoms with E-state index in [1.807, 2.05) is 60.5 Å². The maximum Gasteiger partial charge on any atom is 0.162 e. The molecular weight excluding hydrogens is 444 g/mol. The third kappa shape index (κ3) is 6.85. The Kier molecular flexibility index (Phi) is 9.30. The van der Waals surface area contributed by atoms with Gasteiger partial charge in [-0.2, -0.15) is 0 Å². The number of hydrogen-bond acceptors (Lipinski definition) is 8. The number of methoxy groups -OCH3 is 2. The first kappa shape index (κ1) is 25.8. The van der Waals surface area contributed by atoms with Crippen molar-refractivity contribution in [3.05, 3.63) is 48.5 Å². The van der Waals surface area contributed by atoms with Gasteiger partial charge in [-0.3, -0.25) is 0 Å². The van der Waals surface area contributed by atoms with E-state index in [-0.39, 0.29) is 6.61 Å². The molecule has 0 saturated heterocycles. The molecule has 2 aromatic carbocycles.